The summed E-state index contributed by atoms with van der Waals surface area (Å²) in [7, 11) is 0. The molecule has 2 N–H and O–H groups in total. The number of aryl methyl sites for hydroxylation is 1. The van der Waals surface area contributed by atoms with Gasteiger partial charge in [0.25, 0.3) is 11.5 Å². The molecule has 0 aliphatic carbocycles. The van der Waals surface area contributed by atoms with Gasteiger partial charge in [-0.25, -0.2) is 0 Å². The highest BCUT2D eigenvalue weighted by molar-refractivity contribution is 5.95. The number of aliphatic hydroxyl groups excluding tert-OH is 1. The van der Waals surface area contributed by atoms with Gasteiger partial charge in [-0.05, 0) is 62.4 Å². The van der Waals surface area contributed by atoms with Gasteiger partial charge in [-0.1, -0.05) is 30.3 Å². The molecule has 2 aromatic rings. The van der Waals surface area contributed by atoms with Crippen molar-refractivity contribution in [3.05, 3.63) is 69.6 Å². The Hall–Kier alpha value is -2.44. The lowest BCUT2D eigenvalue weighted by Gasteiger charge is -2.25. The first-order chi connectivity index (χ1) is 14.1. The second kappa shape index (κ2) is 10.4. The van der Waals surface area contributed by atoms with Gasteiger partial charge in [-0.15, -0.1) is 0 Å². The summed E-state index contributed by atoms with van der Waals surface area (Å²) in [4.78, 5) is 28.2. The molecule has 1 aliphatic heterocycles. The van der Waals surface area contributed by atoms with Crippen LogP contribution in [0, 0.1) is 12.8 Å². The molecule has 1 unspecified atom stereocenters. The number of piperidine rings is 1. The first-order valence-corrected chi connectivity index (χ1v) is 10.4. The van der Waals surface area contributed by atoms with Gasteiger partial charge in [0.1, 0.15) is 5.56 Å². The molecule has 6 heteroatoms. The number of nitrogens with zero attached hydrogens (tertiary/aromatic N) is 2. The summed E-state index contributed by atoms with van der Waals surface area (Å²) >= 11 is 0. The maximum Gasteiger partial charge on any atom is 0.263 e. The van der Waals surface area contributed by atoms with Gasteiger partial charge in [0.2, 0.25) is 0 Å². The Morgan fingerprint density at radius 1 is 1.28 bits per heavy atom. The number of hydrogen-bond acceptors (Lipinski definition) is 4. The molecule has 156 valence electrons. The van der Waals surface area contributed by atoms with Crippen LogP contribution in [0.2, 0.25) is 0 Å². The van der Waals surface area contributed by atoms with Crippen LogP contribution < -0.4 is 10.9 Å². The summed E-state index contributed by atoms with van der Waals surface area (Å²) in [6, 6.07) is 11.6. The van der Waals surface area contributed by atoms with Gasteiger partial charge in [0.15, 0.2) is 0 Å². The van der Waals surface area contributed by atoms with Crippen LogP contribution in [0.1, 0.15) is 40.7 Å². The molecule has 6 nitrogen and oxygen atoms in total. The fourth-order valence-corrected chi connectivity index (χ4v) is 3.90. The lowest BCUT2D eigenvalue weighted by molar-refractivity contribution is 0.0728. The Morgan fingerprint density at radius 3 is 2.76 bits per heavy atom. The number of carbonyl (C=O) groups is 1. The summed E-state index contributed by atoms with van der Waals surface area (Å²) in [5.74, 6) is 0.142. The monoisotopic (exact) mass is 397 g/mol. The van der Waals surface area contributed by atoms with Crippen molar-refractivity contribution in [3.8, 4) is 0 Å². The molecule has 1 amide bonds. The van der Waals surface area contributed by atoms with Crippen molar-refractivity contribution in [2.24, 2.45) is 5.92 Å². The Balaban J connectivity index is 1.85. The molecule has 0 bridgehead atoms. The number of pyridine rings is 1. The third-order valence-corrected chi connectivity index (χ3v) is 5.53. The van der Waals surface area contributed by atoms with Crippen molar-refractivity contribution in [1.29, 1.82) is 0 Å². The molecule has 0 radical (unpaired) electrons. The van der Waals surface area contributed by atoms with Crippen LogP contribution in [-0.2, 0) is 13.1 Å². The zero-order chi connectivity index (χ0) is 20.6. The van der Waals surface area contributed by atoms with E-state index in [1.165, 1.54) is 0 Å². The molecular weight excluding hydrogens is 366 g/mol. The van der Waals surface area contributed by atoms with Gasteiger partial charge in [-0.2, -0.15) is 0 Å². The highest BCUT2D eigenvalue weighted by Crippen LogP contribution is 2.14. The number of rotatable bonds is 8. The number of aliphatic hydroxyl groups is 1. The number of aromatic nitrogens is 1. The molecule has 2 heterocycles. The van der Waals surface area contributed by atoms with Gasteiger partial charge in [0.05, 0.1) is 0 Å². The summed E-state index contributed by atoms with van der Waals surface area (Å²) in [6.07, 6.45) is 4.49. The van der Waals surface area contributed by atoms with Crippen LogP contribution >= 0.6 is 0 Å². The predicted molar refractivity (Wildman–Crippen MR) is 114 cm³/mol. The Morgan fingerprint density at radius 2 is 2.07 bits per heavy atom. The SMILES string of the molecule is Cc1ccn(CC2CCCNC2)c(=O)c1C(=O)N(CCCO)Cc1ccccc1. The summed E-state index contributed by atoms with van der Waals surface area (Å²) in [5.41, 5.74) is 1.72. The second-order valence-corrected chi connectivity index (χ2v) is 7.83. The zero-order valence-electron chi connectivity index (χ0n) is 17.1. The fourth-order valence-electron chi connectivity index (χ4n) is 3.90. The molecule has 0 saturated carbocycles. The third kappa shape index (κ3) is 5.55. The van der Waals surface area contributed by atoms with Gasteiger partial charge in [-0.3, -0.25) is 9.59 Å². The van der Waals surface area contributed by atoms with E-state index in [1.807, 2.05) is 43.3 Å². The fraction of sp³-hybridized carbons (Fsp3) is 0.478. The largest absolute Gasteiger partial charge is 0.396 e. The highest BCUT2D eigenvalue weighted by Gasteiger charge is 2.23. The van der Waals surface area contributed by atoms with E-state index in [0.29, 0.717) is 37.5 Å². The average Bonchev–Trinajstić information content (AvgIpc) is 2.74. The number of carbonyl (C=O) groups excluding carboxylic acids is 1. The Labute approximate surface area is 172 Å². The molecule has 1 atom stereocenters. The Kier molecular flexibility index (Phi) is 7.61. The second-order valence-electron chi connectivity index (χ2n) is 7.83. The van der Waals surface area contributed by atoms with Crippen molar-refractivity contribution in [1.82, 2.24) is 14.8 Å². The van der Waals surface area contributed by atoms with Crippen molar-refractivity contribution >= 4 is 5.91 Å². The zero-order valence-corrected chi connectivity index (χ0v) is 17.1. The first-order valence-electron chi connectivity index (χ1n) is 10.4. The molecule has 1 saturated heterocycles. The van der Waals surface area contributed by atoms with Crippen molar-refractivity contribution in [2.75, 3.05) is 26.2 Å². The predicted octanol–water partition coefficient (Wildman–Crippen LogP) is 2.18. The maximum atomic E-state index is 13.4. The standard InChI is InChI=1S/C23H31N3O3/c1-18-10-13-26(17-20-9-5-11-24-15-20)23(29)21(18)22(28)25(12-6-14-27)16-19-7-3-2-4-8-19/h2-4,7-8,10,13,20,24,27H,5-6,9,11-12,14-17H2,1H3. The number of hydrogen-bond donors (Lipinski definition) is 2. The van der Waals surface area contributed by atoms with Crippen LogP contribution in [0.3, 0.4) is 0 Å². The summed E-state index contributed by atoms with van der Waals surface area (Å²) in [5, 5.41) is 12.6. The highest BCUT2D eigenvalue weighted by atomic mass is 16.3. The third-order valence-electron chi connectivity index (χ3n) is 5.53. The van der Waals surface area contributed by atoms with E-state index < -0.39 is 0 Å². The minimum Gasteiger partial charge on any atom is -0.396 e. The molecule has 29 heavy (non-hydrogen) atoms. The number of nitrogens with one attached hydrogen (secondary N) is 1. The average molecular weight is 398 g/mol. The van der Waals surface area contributed by atoms with Crippen LogP contribution in [0.25, 0.3) is 0 Å². The van der Waals surface area contributed by atoms with Gasteiger partial charge >= 0.3 is 0 Å². The van der Waals surface area contributed by atoms with E-state index >= 15 is 0 Å². The smallest absolute Gasteiger partial charge is 0.263 e. The first kappa shape index (κ1) is 21.3. The minimum atomic E-state index is -0.263. The van der Waals surface area contributed by atoms with Crippen molar-refractivity contribution < 1.29 is 9.90 Å². The van der Waals surface area contributed by atoms with Crippen LogP contribution in [-0.4, -0.2) is 46.7 Å². The maximum absolute atomic E-state index is 13.4. The van der Waals surface area contributed by atoms with E-state index in [2.05, 4.69) is 5.32 Å². The molecular formula is C23H31N3O3. The van der Waals surface area contributed by atoms with Gasteiger partial charge < -0.3 is 19.9 Å². The lowest BCUT2D eigenvalue weighted by atomic mass is 9.99. The topological polar surface area (TPSA) is 74.6 Å². The number of amides is 1. The molecule has 1 aromatic heterocycles. The van der Waals surface area contributed by atoms with Crippen LogP contribution in [0.5, 0.6) is 0 Å². The lowest BCUT2D eigenvalue weighted by Crippen LogP contribution is -2.40. The van der Waals surface area contributed by atoms with E-state index in [9.17, 15) is 14.7 Å². The summed E-state index contributed by atoms with van der Waals surface area (Å²) < 4.78 is 1.69. The summed E-state index contributed by atoms with van der Waals surface area (Å²) in [6.45, 7) is 5.20. The molecule has 0 spiro atoms. The van der Waals surface area contributed by atoms with E-state index in [1.54, 1.807) is 15.7 Å². The van der Waals surface area contributed by atoms with Gasteiger partial charge in [0, 0.05) is 32.4 Å². The molecule has 3 rings (SSSR count). The van der Waals surface area contributed by atoms with Crippen LogP contribution in [0.15, 0.2) is 47.4 Å². The molecule has 1 aliphatic rings. The van der Waals surface area contributed by atoms with E-state index in [-0.39, 0.29) is 23.6 Å². The minimum absolute atomic E-state index is 0.00521. The molecule has 1 aromatic carbocycles. The van der Waals surface area contributed by atoms with E-state index in [0.717, 1.165) is 31.5 Å². The molecule has 1 fully saturated rings. The number of benzene rings is 1. The Bertz CT molecular complexity index is 857. The van der Waals surface area contributed by atoms with E-state index in [4.69, 9.17) is 0 Å². The van der Waals surface area contributed by atoms with Crippen molar-refractivity contribution in [3.63, 3.8) is 0 Å². The van der Waals surface area contributed by atoms with Crippen molar-refractivity contribution in [2.45, 2.75) is 39.3 Å². The quantitative estimate of drug-likeness (QED) is 0.716. The normalized spacial score (nSPS) is 16.6. The van der Waals surface area contributed by atoms with Crippen LogP contribution in [0.4, 0.5) is 0 Å².